The van der Waals surface area contributed by atoms with E-state index in [-0.39, 0.29) is 12.0 Å². The normalized spacial score (nSPS) is 23.9. The fourth-order valence-electron chi connectivity index (χ4n) is 1.20. The Labute approximate surface area is 78.1 Å². The van der Waals surface area contributed by atoms with E-state index in [2.05, 4.69) is 0 Å². The topological polar surface area (TPSA) is 26.3 Å². The molecule has 0 amide bonds. The summed E-state index contributed by atoms with van der Waals surface area (Å²) >= 11 is 1.74. The number of ketones is 1. The van der Waals surface area contributed by atoms with Crippen molar-refractivity contribution in [3.63, 3.8) is 0 Å². The third-order valence-corrected chi connectivity index (χ3v) is 3.06. The monoisotopic (exact) mass is 188 g/mol. The van der Waals surface area contributed by atoms with Gasteiger partial charge in [0.2, 0.25) is 0 Å². The summed E-state index contributed by atoms with van der Waals surface area (Å²) in [5.41, 5.74) is 0. The van der Waals surface area contributed by atoms with E-state index in [0.29, 0.717) is 11.5 Å². The van der Waals surface area contributed by atoms with Gasteiger partial charge in [-0.05, 0) is 20.3 Å². The van der Waals surface area contributed by atoms with E-state index < -0.39 is 0 Å². The van der Waals surface area contributed by atoms with Crippen LogP contribution in [-0.4, -0.2) is 30.0 Å². The second-order valence-electron chi connectivity index (χ2n) is 3.39. The van der Waals surface area contributed by atoms with Crippen molar-refractivity contribution >= 4 is 17.5 Å². The number of Topliss-reactive ketones (excluding diaryl/α,β-unsaturated/α-hetero) is 1. The van der Waals surface area contributed by atoms with Crippen LogP contribution in [0.5, 0.6) is 0 Å². The summed E-state index contributed by atoms with van der Waals surface area (Å²) in [6, 6.07) is 0. The van der Waals surface area contributed by atoms with Gasteiger partial charge in [-0.15, -0.1) is 0 Å². The Morgan fingerprint density at radius 2 is 2.42 bits per heavy atom. The van der Waals surface area contributed by atoms with Gasteiger partial charge in [-0.2, -0.15) is 11.8 Å². The van der Waals surface area contributed by atoms with E-state index in [1.54, 1.807) is 11.8 Å². The molecule has 0 aliphatic carbocycles. The van der Waals surface area contributed by atoms with Crippen molar-refractivity contribution in [2.75, 3.05) is 18.1 Å². The average molecular weight is 188 g/mol. The Balaban J connectivity index is 2.10. The molecule has 3 heteroatoms. The highest BCUT2D eigenvalue weighted by atomic mass is 32.2. The van der Waals surface area contributed by atoms with Gasteiger partial charge in [-0.25, -0.2) is 0 Å². The SMILES string of the molecule is CC(C)OCCC1CSCC1=O. The maximum absolute atomic E-state index is 11.2. The largest absolute Gasteiger partial charge is 0.379 e. The third kappa shape index (κ3) is 3.15. The first-order valence-electron chi connectivity index (χ1n) is 4.42. The molecule has 1 aliphatic heterocycles. The number of carbonyl (C=O) groups excluding carboxylic acids is 1. The minimum Gasteiger partial charge on any atom is -0.379 e. The molecule has 0 radical (unpaired) electrons. The van der Waals surface area contributed by atoms with Crippen molar-refractivity contribution in [1.82, 2.24) is 0 Å². The van der Waals surface area contributed by atoms with Crippen molar-refractivity contribution in [3.05, 3.63) is 0 Å². The van der Waals surface area contributed by atoms with Crippen LogP contribution in [0.1, 0.15) is 20.3 Å². The van der Waals surface area contributed by atoms with Gasteiger partial charge >= 0.3 is 0 Å². The first-order valence-corrected chi connectivity index (χ1v) is 5.57. The molecule has 2 nitrogen and oxygen atoms in total. The van der Waals surface area contributed by atoms with Crippen LogP contribution in [0.25, 0.3) is 0 Å². The first-order chi connectivity index (χ1) is 5.70. The number of hydrogen-bond acceptors (Lipinski definition) is 3. The highest BCUT2D eigenvalue weighted by Gasteiger charge is 2.24. The van der Waals surface area contributed by atoms with Crippen LogP contribution in [0.3, 0.4) is 0 Å². The molecule has 1 atom stereocenters. The van der Waals surface area contributed by atoms with Crippen molar-refractivity contribution in [1.29, 1.82) is 0 Å². The van der Waals surface area contributed by atoms with Crippen LogP contribution in [-0.2, 0) is 9.53 Å². The van der Waals surface area contributed by atoms with Gasteiger partial charge in [-0.1, -0.05) is 0 Å². The molecular weight excluding hydrogens is 172 g/mol. The van der Waals surface area contributed by atoms with Gasteiger partial charge < -0.3 is 4.74 Å². The smallest absolute Gasteiger partial charge is 0.146 e. The Morgan fingerprint density at radius 1 is 1.67 bits per heavy atom. The maximum atomic E-state index is 11.2. The standard InChI is InChI=1S/C9H16O2S/c1-7(2)11-4-3-8-5-12-6-9(8)10/h7-8H,3-6H2,1-2H3. The zero-order chi connectivity index (χ0) is 8.97. The molecule has 1 aliphatic rings. The molecule has 0 aromatic rings. The predicted octanol–water partition coefficient (Wildman–Crippen LogP) is 1.73. The third-order valence-electron chi connectivity index (χ3n) is 1.94. The number of carbonyl (C=O) groups is 1. The number of rotatable bonds is 4. The van der Waals surface area contributed by atoms with E-state index in [9.17, 15) is 4.79 Å². The zero-order valence-electron chi connectivity index (χ0n) is 7.71. The van der Waals surface area contributed by atoms with Crippen LogP contribution >= 0.6 is 11.8 Å². The Morgan fingerprint density at radius 3 is 2.92 bits per heavy atom. The predicted molar refractivity (Wildman–Crippen MR) is 51.5 cm³/mol. The molecular formula is C9H16O2S. The minimum atomic E-state index is 0.272. The van der Waals surface area contributed by atoms with Crippen LogP contribution in [0, 0.1) is 5.92 Å². The zero-order valence-corrected chi connectivity index (χ0v) is 8.52. The molecule has 0 spiro atoms. The van der Waals surface area contributed by atoms with E-state index in [0.717, 1.165) is 18.8 Å². The molecule has 70 valence electrons. The number of ether oxygens (including phenoxy) is 1. The maximum Gasteiger partial charge on any atom is 0.146 e. The highest BCUT2D eigenvalue weighted by Crippen LogP contribution is 2.22. The van der Waals surface area contributed by atoms with Crippen LogP contribution < -0.4 is 0 Å². The average Bonchev–Trinajstić information content (AvgIpc) is 2.36. The molecule has 12 heavy (non-hydrogen) atoms. The second-order valence-corrected chi connectivity index (χ2v) is 4.42. The summed E-state index contributed by atoms with van der Waals surface area (Å²) < 4.78 is 5.39. The molecule has 1 rings (SSSR count). The summed E-state index contributed by atoms with van der Waals surface area (Å²) in [7, 11) is 0. The molecule has 1 heterocycles. The van der Waals surface area contributed by atoms with E-state index in [1.165, 1.54) is 0 Å². The van der Waals surface area contributed by atoms with E-state index in [1.807, 2.05) is 13.8 Å². The summed E-state index contributed by atoms with van der Waals surface area (Å²) in [5.74, 6) is 2.40. The Kier molecular flexibility index (Phi) is 4.09. The van der Waals surface area contributed by atoms with Gasteiger partial charge in [0.25, 0.3) is 0 Å². The van der Waals surface area contributed by atoms with E-state index >= 15 is 0 Å². The van der Waals surface area contributed by atoms with Crippen molar-refractivity contribution in [3.8, 4) is 0 Å². The molecule has 1 fully saturated rings. The molecule has 0 aromatic heterocycles. The highest BCUT2D eigenvalue weighted by molar-refractivity contribution is 8.00. The Hall–Kier alpha value is -0.0200. The summed E-state index contributed by atoms with van der Waals surface area (Å²) in [6.45, 7) is 4.77. The van der Waals surface area contributed by atoms with Crippen LogP contribution in [0.2, 0.25) is 0 Å². The number of hydrogen-bond donors (Lipinski definition) is 0. The van der Waals surface area contributed by atoms with Gasteiger partial charge in [0.05, 0.1) is 11.9 Å². The van der Waals surface area contributed by atoms with Gasteiger partial charge in [0.15, 0.2) is 0 Å². The summed E-state index contributed by atoms with van der Waals surface area (Å²) in [6.07, 6.45) is 1.19. The van der Waals surface area contributed by atoms with E-state index in [4.69, 9.17) is 4.74 Å². The lowest BCUT2D eigenvalue weighted by atomic mass is 10.1. The molecule has 1 unspecified atom stereocenters. The second kappa shape index (κ2) is 4.87. The fourth-order valence-corrected chi connectivity index (χ4v) is 2.39. The lowest BCUT2D eigenvalue weighted by Crippen LogP contribution is -2.15. The minimum absolute atomic E-state index is 0.272. The van der Waals surface area contributed by atoms with Gasteiger partial charge in [0.1, 0.15) is 5.78 Å². The molecule has 1 saturated heterocycles. The quantitative estimate of drug-likeness (QED) is 0.672. The molecule has 0 saturated carbocycles. The fraction of sp³-hybridized carbons (Fsp3) is 0.889. The van der Waals surface area contributed by atoms with Crippen LogP contribution in [0.15, 0.2) is 0 Å². The van der Waals surface area contributed by atoms with Crippen LogP contribution in [0.4, 0.5) is 0 Å². The summed E-state index contributed by atoms with van der Waals surface area (Å²) in [4.78, 5) is 11.2. The molecule has 0 N–H and O–H groups in total. The molecule has 0 aromatic carbocycles. The lowest BCUT2D eigenvalue weighted by molar-refractivity contribution is -0.119. The number of thioether (sulfide) groups is 1. The lowest BCUT2D eigenvalue weighted by Gasteiger charge is -2.09. The first kappa shape index (κ1) is 10.1. The Bertz CT molecular complexity index is 157. The molecule has 0 bridgehead atoms. The van der Waals surface area contributed by atoms with Gasteiger partial charge in [-0.3, -0.25) is 4.79 Å². The van der Waals surface area contributed by atoms with Gasteiger partial charge in [0, 0.05) is 18.3 Å². The van der Waals surface area contributed by atoms with Crippen molar-refractivity contribution in [2.24, 2.45) is 5.92 Å². The van der Waals surface area contributed by atoms with Crippen molar-refractivity contribution < 1.29 is 9.53 Å². The summed E-state index contributed by atoms with van der Waals surface area (Å²) in [5, 5.41) is 0. The van der Waals surface area contributed by atoms with Crippen molar-refractivity contribution in [2.45, 2.75) is 26.4 Å².